The third-order valence-electron chi connectivity index (χ3n) is 2.68. The first-order valence-corrected chi connectivity index (χ1v) is 7.06. The van der Waals surface area contributed by atoms with Crippen molar-refractivity contribution in [1.82, 2.24) is 14.1 Å². The van der Waals surface area contributed by atoms with Gasteiger partial charge >= 0.3 is 0 Å². The Hall–Kier alpha value is -0.790. The average molecular weight is 265 g/mol. The van der Waals surface area contributed by atoms with Crippen molar-refractivity contribution < 1.29 is 8.42 Å². The minimum Gasteiger partial charge on any atom is -0.395 e. The van der Waals surface area contributed by atoms with E-state index in [0.717, 1.165) is 6.42 Å². The van der Waals surface area contributed by atoms with Gasteiger partial charge in [-0.3, -0.25) is 4.68 Å². The monoisotopic (exact) mass is 264 g/mol. The van der Waals surface area contributed by atoms with E-state index in [1.807, 2.05) is 0 Å². The minimum atomic E-state index is -3.12. The van der Waals surface area contributed by atoms with Crippen molar-refractivity contribution >= 4 is 27.3 Å². The maximum absolute atomic E-state index is 11.3. The van der Waals surface area contributed by atoms with Crippen LogP contribution in [0.2, 0.25) is 5.15 Å². The molecule has 16 heavy (non-hydrogen) atoms. The van der Waals surface area contributed by atoms with Gasteiger partial charge in [0.2, 0.25) is 10.0 Å². The Morgan fingerprint density at radius 2 is 2.31 bits per heavy atom. The summed E-state index contributed by atoms with van der Waals surface area (Å²) in [4.78, 5) is 0. The molecule has 0 aliphatic carbocycles. The highest BCUT2D eigenvalue weighted by atomic mass is 35.5. The number of anilines is 1. The maximum Gasteiger partial charge on any atom is 0.211 e. The van der Waals surface area contributed by atoms with E-state index in [2.05, 4.69) is 5.10 Å². The number of sulfonamides is 1. The Balaban J connectivity index is 2.15. The number of nitrogens with two attached hydrogens (primary N) is 1. The summed E-state index contributed by atoms with van der Waals surface area (Å²) >= 11 is 5.75. The molecule has 0 amide bonds. The van der Waals surface area contributed by atoms with Gasteiger partial charge in [-0.05, 0) is 6.42 Å². The molecule has 2 heterocycles. The smallest absolute Gasteiger partial charge is 0.211 e. The van der Waals surface area contributed by atoms with Gasteiger partial charge in [0.15, 0.2) is 5.15 Å². The largest absolute Gasteiger partial charge is 0.395 e. The molecule has 1 unspecified atom stereocenters. The normalized spacial score (nSPS) is 22.8. The van der Waals surface area contributed by atoms with E-state index in [1.54, 1.807) is 10.9 Å². The molecule has 2 N–H and O–H groups in total. The zero-order chi connectivity index (χ0) is 11.9. The first-order valence-electron chi connectivity index (χ1n) is 4.83. The molecule has 1 aliphatic heterocycles. The van der Waals surface area contributed by atoms with Crippen LogP contribution in [0.25, 0.3) is 0 Å². The van der Waals surface area contributed by atoms with Gasteiger partial charge in [0.05, 0.1) is 18.0 Å². The second-order valence-electron chi connectivity index (χ2n) is 3.92. The molecule has 8 heteroatoms. The third-order valence-corrected chi connectivity index (χ3v) is 4.25. The van der Waals surface area contributed by atoms with Crippen LogP contribution in [0.1, 0.15) is 12.5 Å². The van der Waals surface area contributed by atoms with Crippen LogP contribution in [0, 0.1) is 0 Å². The first-order chi connectivity index (χ1) is 7.38. The van der Waals surface area contributed by atoms with E-state index in [1.165, 1.54) is 10.6 Å². The summed E-state index contributed by atoms with van der Waals surface area (Å²) in [5, 5.41) is 4.31. The van der Waals surface area contributed by atoms with Crippen LogP contribution in [-0.2, 0) is 10.0 Å². The third kappa shape index (κ3) is 2.16. The topological polar surface area (TPSA) is 81.2 Å². The van der Waals surface area contributed by atoms with Crippen LogP contribution in [0.4, 0.5) is 5.69 Å². The van der Waals surface area contributed by atoms with E-state index in [4.69, 9.17) is 17.3 Å². The number of hydrogen-bond acceptors (Lipinski definition) is 4. The number of nitrogens with zero attached hydrogens (tertiary/aromatic N) is 3. The van der Waals surface area contributed by atoms with Gasteiger partial charge in [-0.1, -0.05) is 11.6 Å². The van der Waals surface area contributed by atoms with Crippen LogP contribution in [0.5, 0.6) is 0 Å². The van der Waals surface area contributed by atoms with Crippen molar-refractivity contribution in [2.24, 2.45) is 0 Å². The van der Waals surface area contributed by atoms with Crippen molar-refractivity contribution in [3.8, 4) is 0 Å². The Kier molecular flexibility index (Phi) is 2.85. The zero-order valence-corrected chi connectivity index (χ0v) is 10.4. The number of halogens is 1. The van der Waals surface area contributed by atoms with Crippen LogP contribution in [-0.4, -0.2) is 41.8 Å². The molecule has 0 aromatic carbocycles. The molecule has 1 aromatic rings. The Bertz CT molecular complexity index is 479. The highest BCUT2D eigenvalue weighted by molar-refractivity contribution is 7.88. The average Bonchev–Trinajstić information content (AvgIpc) is 2.73. The molecule has 2 rings (SSSR count). The molecule has 0 radical (unpaired) electrons. The maximum atomic E-state index is 11.3. The van der Waals surface area contributed by atoms with Crippen molar-refractivity contribution in [3.63, 3.8) is 0 Å². The summed E-state index contributed by atoms with van der Waals surface area (Å²) in [5.41, 5.74) is 6.00. The summed E-state index contributed by atoms with van der Waals surface area (Å²) in [6.45, 7) is 0.942. The van der Waals surface area contributed by atoms with Gasteiger partial charge in [0, 0.05) is 19.3 Å². The van der Waals surface area contributed by atoms with Crippen molar-refractivity contribution in [1.29, 1.82) is 0 Å². The molecule has 90 valence electrons. The second-order valence-corrected chi connectivity index (χ2v) is 6.26. The Labute approximate surface area is 99.0 Å². The number of nitrogen functional groups attached to an aromatic ring is 1. The first kappa shape index (κ1) is 11.7. The number of hydrogen-bond donors (Lipinski definition) is 1. The summed E-state index contributed by atoms with van der Waals surface area (Å²) in [5.74, 6) is 0. The van der Waals surface area contributed by atoms with E-state index in [-0.39, 0.29) is 11.2 Å². The molecule has 6 nitrogen and oxygen atoms in total. The molecule has 1 atom stereocenters. The summed E-state index contributed by atoms with van der Waals surface area (Å²) in [7, 11) is -3.12. The van der Waals surface area contributed by atoms with Gasteiger partial charge in [-0.2, -0.15) is 9.40 Å². The number of aromatic nitrogens is 2. The molecule has 0 spiro atoms. The lowest BCUT2D eigenvalue weighted by Gasteiger charge is -2.13. The predicted molar refractivity (Wildman–Crippen MR) is 61.7 cm³/mol. The molecule has 0 saturated carbocycles. The van der Waals surface area contributed by atoms with Crippen molar-refractivity contribution in [2.75, 3.05) is 25.1 Å². The summed E-state index contributed by atoms with van der Waals surface area (Å²) in [6, 6.07) is 0.0181. The lowest BCUT2D eigenvalue weighted by atomic mass is 10.3. The Morgan fingerprint density at radius 3 is 2.75 bits per heavy atom. The van der Waals surface area contributed by atoms with E-state index in [0.29, 0.717) is 18.8 Å². The highest BCUT2D eigenvalue weighted by Gasteiger charge is 2.30. The molecular weight excluding hydrogens is 252 g/mol. The Morgan fingerprint density at radius 1 is 1.62 bits per heavy atom. The van der Waals surface area contributed by atoms with Crippen LogP contribution >= 0.6 is 11.6 Å². The standard InChI is InChI=1S/C8H13ClN4O2S/c1-16(14,15)12-3-2-6(4-12)13-5-7(10)8(9)11-13/h5-6H,2-4,10H2,1H3. The van der Waals surface area contributed by atoms with Crippen LogP contribution < -0.4 is 5.73 Å². The fraction of sp³-hybridized carbons (Fsp3) is 0.625. The van der Waals surface area contributed by atoms with E-state index in [9.17, 15) is 8.42 Å². The molecule has 1 aliphatic rings. The van der Waals surface area contributed by atoms with Gasteiger partial charge < -0.3 is 5.73 Å². The van der Waals surface area contributed by atoms with Crippen LogP contribution in [0.15, 0.2) is 6.20 Å². The fourth-order valence-corrected chi connectivity index (χ4v) is 2.81. The molecule has 0 bridgehead atoms. The van der Waals surface area contributed by atoms with E-state index >= 15 is 0 Å². The van der Waals surface area contributed by atoms with Gasteiger partial charge in [-0.25, -0.2) is 8.42 Å². The zero-order valence-electron chi connectivity index (χ0n) is 8.80. The van der Waals surface area contributed by atoms with Crippen LogP contribution in [0.3, 0.4) is 0 Å². The van der Waals surface area contributed by atoms with Gasteiger partial charge in [0.1, 0.15) is 0 Å². The fourth-order valence-electron chi connectivity index (χ4n) is 1.80. The lowest BCUT2D eigenvalue weighted by molar-refractivity contribution is 0.437. The van der Waals surface area contributed by atoms with Crippen molar-refractivity contribution in [3.05, 3.63) is 11.3 Å². The minimum absolute atomic E-state index is 0.0181. The SMILES string of the molecule is CS(=O)(=O)N1CCC(n2cc(N)c(Cl)n2)C1. The van der Waals surface area contributed by atoms with Gasteiger partial charge in [-0.15, -0.1) is 0 Å². The van der Waals surface area contributed by atoms with Crippen molar-refractivity contribution in [2.45, 2.75) is 12.5 Å². The summed E-state index contributed by atoms with van der Waals surface area (Å²) in [6.07, 6.45) is 3.57. The lowest BCUT2D eigenvalue weighted by Crippen LogP contribution is -2.28. The van der Waals surface area contributed by atoms with E-state index < -0.39 is 10.0 Å². The molecule has 1 aromatic heterocycles. The highest BCUT2D eigenvalue weighted by Crippen LogP contribution is 2.26. The quantitative estimate of drug-likeness (QED) is 0.834. The molecule has 1 fully saturated rings. The molecular formula is C8H13ClN4O2S. The van der Waals surface area contributed by atoms with Gasteiger partial charge in [0.25, 0.3) is 0 Å². The second kappa shape index (κ2) is 3.90. The number of rotatable bonds is 2. The predicted octanol–water partition coefficient (Wildman–Crippen LogP) is 0.325. The summed E-state index contributed by atoms with van der Waals surface area (Å²) < 4.78 is 25.7. The molecule has 1 saturated heterocycles.